The molecule has 0 bridgehead atoms. The first-order valence-electron chi connectivity index (χ1n) is 9.26. The molecule has 0 spiro atoms. The summed E-state index contributed by atoms with van der Waals surface area (Å²) in [6.07, 6.45) is 1.59. The summed E-state index contributed by atoms with van der Waals surface area (Å²) >= 11 is 0. The normalized spacial score (nSPS) is 11.2. The van der Waals surface area contributed by atoms with Crippen molar-refractivity contribution in [2.75, 3.05) is 5.32 Å². The molecule has 1 amide bonds. The third-order valence-electron chi connectivity index (χ3n) is 5.05. The number of halogens is 1. The van der Waals surface area contributed by atoms with E-state index in [2.05, 4.69) is 35.9 Å². The molecular weight excluding hydrogens is 365 g/mol. The Morgan fingerprint density at radius 2 is 1.79 bits per heavy atom. The van der Waals surface area contributed by atoms with Gasteiger partial charge >= 0.3 is 0 Å². The number of hydrogen-bond donors (Lipinski definition) is 1. The van der Waals surface area contributed by atoms with Crippen LogP contribution in [0.15, 0.2) is 54.1 Å². The van der Waals surface area contributed by atoms with Crippen LogP contribution in [0.1, 0.15) is 28.1 Å². The molecule has 3 aromatic rings. The van der Waals surface area contributed by atoms with Gasteiger partial charge in [-0.2, -0.15) is 5.26 Å². The maximum absolute atomic E-state index is 13.0. The van der Waals surface area contributed by atoms with Gasteiger partial charge in [-0.05, 0) is 86.9 Å². The van der Waals surface area contributed by atoms with Crippen LogP contribution in [0.25, 0.3) is 11.8 Å². The van der Waals surface area contributed by atoms with E-state index in [0.717, 1.165) is 22.6 Å². The molecule has 0 atom stereocenters. The van der Waals surface area contributed by atoms with Gasteiger partial charge in [-0.25, -0.2) is 4.39 Å². The van der Waals surface area contributed by atoms with Crippen molar-refractivity contribution < 1.29 is 9.18 Å². The van der Waals surface area contributed by atoms with E-state index in [1.54, 1.807) is 6.08 Å². The average Bonchev–Trinajstić information content (AvgIpc) is 2.97. The van der Waals surface area contributed by atoms with Crippen molar-refractivity contribution in [2.45, 2.75) is 27.7 Å². The van der Waals surface area contributed by atoms with Crippen molar-refractivity contribution in [3.63, 3.8) is 0 Å². The molecule has 0 aliphatic heterocycles. The fraction of sp³-hybridized carbons (Fsp3) is 0.167. The highest BCUT2D eigenvalue weighted by Crippen LogP contribution is 2.26. The number of anilines is 1. The Labute approximate surface area is 169 Å². The number of amides is 1. The van der Waals surface area contributed by atoms with Crippen molar-refractivity contribution in [1.29, 1.82) is 5.26 Å². The van der Waals surface area contributed by atoms with Gasteiger partial charge in [-0.15, -0.1) is 0 Å². The maximum atomic E-state index is 13.0. The van der Waals surface area contributed by atoms with Crippen molar-refractivity contribution in [3.8, 4) is 11.8 Å². The van der Waals surface area contributed by atoms with Crippen molar-refractivity contribution in [1.82, 2.24) is 4.57 Å². The number of nitrogens with one attached hydrogen (secondary N) is 1. The van der Waals surface area contributed by atoms with E-state index in [9.17, 15) is 14.4 Å². The van der Waals surface area contributed by atoms with Crippen LogP contribution in [-0.2, 0) is 4.79 Å². The van der Waals surface area contributed by atoms with Crippen molar-refractivity contribution in [2.24, 2.45) is 0 Å². The highest BCUT2D eigenvalue weighted by atomic mass is 19.1. The standard InChI is InChI=1S/C24H22FN3O/c1-15-6-5-7-23(17(15)3)28-16(2)12-19(18(28)4)13-20(14-26)24(29)27-22-10-8-21(25)9-11-22/h5-13H,1-4H3,(H,27,29). The van der Waals surface area contributed by atoms with Crippen LogP contribution in [0.2, 0.25) is 0 Å². The van der Waals surface area contributed by atoms with Crippen LogP contribution >= 0.6 is 0 Å². The Hall–Kier alpha value is -3.65. The first kappa shape index (κ1) is 20.1. The highest BCUT2D eigenvalue weighted by molar-refractivity contribution is 6.09. The van der Waals surface area contributed by atoms with Crippen molar-refractivity contribution in [3.05, 3.63) is 88.0 Å². The van der Waals surface area contributed by atoms with E-state index in [-0.39, 0.29) is 5.57 Å². The lowest BCUT2D eigenvalue weighted by Crippen LogP contribution is -2.13. The number of rotatable bonds is 4. The van der Waals surface area contributed by atoms with Gasteiger partial charge in [0.25, 0.3) is 5.91 Å². The molecule has 3 rings (SSSR count). The lowest BCUT2D eigenvalue weighted by molar-refractivity contribution is -0.112. The number of aryl methyl sites for hydroxylation is 2. The van der Waals surface area contributed by atoms with Gasteiger partial charge < -0.3 is 9.88 Å². The zero-order valence-corrected chi connectivity index (χ0v) is 16.9. The second-order valence-electron chi connectivity index (χ2n) is 7.01. The van der Waals surface area contributed by atoms with E-state index < -0.39 is 11.7 Å². The Kier molecular flexibility index (Phi) is 5.65. The molecule has 0 unspecified atom stereocenters. The number of carbonyl (C=O) groups is 1. The van der Waals surface area contributed by atoms with Gasteiger partial charge in [0.15, 0.2) is 0 Å². The summed E-state index contributed by atoms with van der Waals surface area (Å²) in [5, 5.41) is 12.1. The molecular formula is C24H22FN3O. The molecule has 0 fully saturated rings. The van der Waals surface area contributed by atoms with E-state index >= 15 is 0 Å². The molecule has 4 nitrogen and oxygen atoms in total. The molecule has 0 saturated carbocycles. The third kappa shape index (κ3) is 4.12. The average molecular weight is 387 g/mol. The topological polar surface area (TPSA) is 57.8 Å². The molecule has 1 N–H and O–H groups in total. The Morgan fingerprint density at radius 3 is 2.45 bits per heavy atom. The number of nitrogens with zero attached hydrogens (tertiary/aromatic N) is 2. The Bertz CT molecular complexity index is 1150. The first-order valence-corrected chi connectivity index (χ1v) is 9.26. The Morgan fingerprint density at radius 1 is 1.10 bits per heavy atom. The van der Waals surface area contributed by atoms with Gasteiger partial charge in [0.1, 0.15) is 17.5 Å². The van der Waals surface area contributed by atoms with Crippen LogP contribution in [0.5, 0.6) is 0 Å². The lowest BCUT2D eigenvalue weighted by atomic mass is 10.1. The van der Waals surface area contributed by atoms with Crippen LogP contribution in [-0.4, -0.2) is 10.5 Å². The number of nitriles is 1. The van der Waals surface area contributed by atoms with Gasteiger partial charge in [-0.1, -0.05) is 12.1 Å². The number of hydrogen-bond acceptors (Lipinski definition) is 2. The monoisotopic (exact) mass is 387 g/mol. The molecule has 29 heavy (non-hydrogen) atoms. The van der Waals surface area contributed by atoms with Gasteiger partial charge in [-0.3, -0.25) is 4.79 Å². The van der Waals surface area contributed by atoms with E-state index in [1.165, 1.54) is 35.4 Å². The van der Waals surface area contributed by atoms with Gasteiger partial charge in [0, 0.05) is 22.8 Å². The van der Waals surface area contributed by atoms with E-state index in [0.29, 0.717) is 5.69 Å². The van der Waals surface area contributed by atoms with Crippen LogP contribution in [0.4, 0.5) is 10.1 Å². The van der Waals surface area contributed by atoms with Gasteiger partial charge in [0.05, 0.1) is 0 Å². The summed E-state index contributed by atoms with van der Waals surface area (Å²) in [6.45, 7) is 8.11. The number of aromatic nitrogens is 1. The second kappa shape index (κ2) is 8.15. The molecule has 146 valence electrons. The first-order chi connectivity index (χ1) is 13.8. The zero-order valence-electron chi connectivity index (χ0n) is 16.9. The summed E-state index contributed by atoms with van der Waals surface area (Å²) in [4.78, 5) is 12.5. The molecule has 0 aliphatic carbocycles. The number of carbonyl (C=O) groups excluding carboxylic acids is 1. The smallest absolute Gasteiger partial charge is 0.266 e. The van der Waals surface area contributed by atoms with Crippen LogP contribution < -0.4 is 5.32 Å². The molecule has 2 aromatic carbocycles. The van der Waals surface area contributed by atoms with Crippen LogP contribution in [0, 0.1) is 44.8 Å². The minimum absolute atomic E-state index is 0.0180. The molecule has 0 saturated heterocycles. The molecule has 0 radical (unpaired) electrons. The highest BCUT2D eigenvalue weighted by Gasteiger charge is 2.15. The quantitative estimate of drug-likeness (QED) is 0.482. The summed E-state index contributed by atoms with van der Waals surface area (Å²) in [5.41, 5.74) is 6.62. The fourth-order valence-corrected chi connectivity index (χ4v) is 3.32. The fourth-order valence-electron chi connectivity index (χ4n) is 3.32. The van der Waals surface area contributed by atoms with Gasteiger partial charge in [0.2, 0.25) is 0 Å². The second-order valence-corrected chi connectivity index (χ2v) is 7.01. The predicted molar refractivity (Wildman–Crippen MR) is 113 cm³/mol. The predicted octanol–water partition coefficient (Wildman–Crippen LogP) is 5.40. The summed E-state index contributed by atoms with van der Waals surface area (Å²) in [5.74, 6) is -0.923. The number of benzene rings is 2. The van der Waals surface area contributed by atoms with Crippen LogP contribution in [0.3, 0.4) is 0 Å². The minimum atomic E-state index is -0.532. The third-order valence-corrected chi connectivity index (χ3v) is 5.05. The molecule has 1 heterocycles. The summed E-state index contributed by atoms with van der Waals surface area (Å²) in [6, 6.07) is 15.5. The SMILES string of the molecule is Cc1cccc(-n2c(C)cc(C=C(C#N)C(=O)Nc3ccc(F)cc3)c2C)c1C. The zero-order chi connectivity index (χ0) is 21.1. The van der Waals surface area contributed by atoms with E-state index in [4.69, 9.17) is 0 Å². The molecule has 5 heteroatoms. The lowest BCUT2D eigenvalue weighted by Gasteiger charge is -2.14. The van der Waals surface area contributed by atoms with Crippen molar-refractivity contribution >= 4 is 17.7 Å². The molecule has 1 aromatic heterocycles. The Balaban J connectivity index is 1.96. The molecule has 0 aliphatic rings. The summed E-state index contributed by atoms with van der Waals surface area (Å²) in [7, 11) is 0. The largest absolute Gasteiger partial charge is 0.321 e. The van der Waals surface area contributed by atoms with E-state index in [1.807, 2.05) is 32.0 Å². The summed E-state index contributed by atoms with van der Waals surface area (Å²) < 4.78 is 15.2. The minimum Gasteiger partial charge on any atom is -0.321 e. The maximum Gasteiger partial charge on any atom is 0.266 e.